The summed E-state index contributed by atoms with van der Waals surface area (Å²) in [5.74, 6) is 0.867. The highest BCUT2D eigenvalue weighted by molar-refractivity contribution is 9.09. The molecule has 0 aromatic carbocycles. The van der Waals surface area contributed by atoms with E-state index >= 15 is 0 Å². The fourth-order valence-corrected chi connectivity index (χ4v) is 3.07. The molecule has 1 aliphatic carbocycles. The molecule has 16 heavy (non-hydrogen) atoms. The summed E-state index contributed by atoms with van der Waals surface area (Å²) in [7, 11) is 0. The number of carbonyl (C=O) groups excluding carboxylic acids is 1. The van der Waals surface area contributed by atoms with Crippen molar-refractivity contribution >= 4 is 21.8 Å². The lowest BCUT2D eigenvalue weighted by Crippen LogP contribution is -2.33. The molecule has 1 N–H and O–H groups in total. The van der Waals surface area contributed by atoms with Crippen molar-refractivity contribution in [1.82, 2.24) is 5.32 Å². The van der Waals surface area contributed by atoms with E-state index in [0.29, 0.717) is 17.2 Å². The smallest absolute Gasteiger partial charge is 0.220 e. The van der Waals surface area contributed by atoms with Crippen molar-refractivity contribution in [3.05, 3.63) is 0 Å². The fraction of sp³-hybridized carbons (Fsp3) is 0.923. The van der Waals surface area contributed by atoms with Crippen molar-refractivity contribution in [1.29, 1.82) is 0 Å². The van der Waals surface area contributed by atoms with Crippen molar-refractivity contribution in [2.45, 2.75) is 57.7 Å². The van der Waals surface area contributed by atoms with E-state index in [2.05, 4.69) is 42.0 Å². The first kappa shape index (κ1) is 14.0. The minimum Gasteiger partial charge on any atom is -0.356 e. The molecule has 0 heterocycles. The molecule has 0 aliphatic heterocycles. The number of carbonyl (C=O) groups is 1. The summed E-state index contributed by atoms with van der Waals surface area (Å²) in [5, 5.41) is 3.07. The Kier molecular flexibility index (Phi) is 5.29. The Morgan fingerprint density at radius 2 is 2.06 bits per heavy atom. The summed E-state index contributed by atoms with van der Waals surface area (Å²) >= 11 is 3.67. The maximum atomic E-state index is 11.7. The van der Waals surface area contributed by atoms with E-state index in [-0.39, 0.29) is 11.3 Å². The van der Waals surface area contributed by atoms with Crippen molar-refractivity contribution in [3.63, 3.8) is 0 Å². The predicted molar refractivity (Wildman–Crippen MR) is 71.8 cm³/mol. The van der Waals surface area contributed by atoms with Crippen molar-refractivity contribution in [2.24, 2.45) is 11.3 Å². The van der Waals surface area contributed by atoms with Gasteiger partial charge in [0.05, 0.1) is 0 Å². The minimum absolute atomic E-state index is 0.0919. The van der Waals surface area contributed by atoms with E-state index < -0.39 is 0 Å². The molecule has 1 rings (SSSR count). The van der Waals surface area contributed by atoms with Crippen molar-refractivity contribution in [3.8, 4) is 0 Å². The van der Waals surface area contributed by atoms with Crippen LogP contribution < -0.4 is 5.32 Å². The lowest BCUT2D eigenvalue weighted by Gasteiger charge is -2.26. The van der Waals surface area contributed by atoms with Gasteiger partial charge in [0.15, 0.2) is 0 Å². The molecule has 3 heteroatoms. The number of halogens is 1. The van der Waals surface area contributed by atoms with Crippen LogP contribution in [0.15, 0.2) is 0 Å². The lowest BCUT2D eigenvalue weighted by molar-refractivity contribution is -0.123. The molecule has 0 aromatic rings. The first-order valence-corrected chi connectivity index (χ1v) is 7.19. The summed E-state index contributed by atoms with van der Waals surface area (Å²) in [4.78, 5) is 12.3. The van der Waals surface area contributed by atoms with Gasteiger partial charge < -0.3 is 5.32 Å². The topological polar surface area (TPSA) is 29.1 Å². The van der Waals surface area contributed by atoms with Gasteiger partial charge in [-0.25, -0.2) is 0 Å². The Hall–Kier alpha value is -0.0500. The van der Waals surface area contributed by atoms with Gasteiger partial charge in [-0.1, -0.05) is 43.1 Å². The Labute approximate surface area is 108 Å². The van der Waals surface area contributed by atoms with E-state index in [1.54, 1.807) is 0 Å². The zero-order valence-corrected chi connectivity index (χ0v) is 12.3. The van der Waals surface area contributed by atoms with Gasteiger partial charge in [-0.2, -0.15) is 0 Å². The maximum absolute atomic E-state index is 11.7. The van der Waals surface area contributed by atoms with Crippen LogP contribution in [-0.2, 0) is 4.79 Å². The molecule has 2 atom stereocenters. The standard InChI is InChI=1S/C13H24BrNO/c1-13(2,3)8-12(16)15-9-10-5-4-6-11(14)7-10/h10-11H,4-9H2,1-3H3,(H,15,16). The molecule has 1 aliphatic rings. The number of alkyl halides is 1. The van der Waals surface area contributed by atoms with Gasteiger partial charge in [-0.15, -0.1) is 0 Å². The molecular weight excluding hydrogens is 266 g/mol. The van der Waals surface area contributed by atoms with Gasteiger partial charge in [0.2, 0.25) is 5.91 Å². The molecule has 0 radical (unpaired) electrons. The van der Waals surface area contributed by atoms with Crippen LogP contribution in [0.1, 0.15) is 52.9 Å². The highest BCUT2D eigenvalue weighted by Gasteiger charge is 2.21. The van der Waals surface area contributed by atoms with Gasteiger partial charge >= 0.3 is 0 Å². The van der Waals surface area contributed by atoms with Crippen LogP contribution in [0, 0.1) is 11.3 Å². The van der Waals surface area contributed by atoms with Crippen LogP contribution in [0.5, 0.6) is 0 Å². The largest absolute Gasteiger partial charge is 0.356 e. The summed E-state index contributed by atoms with van der Waals surface area (Å²) < 4.78 is 0. The van der Waals surface area contributed by atoms with E-state index in [1.807, 2.05) is 0 Å². The maximum Gasteiger partial charge on any atom is 0.220 e. The number of nitrogens with one attached hydrogen (secondary N) is 1. The summed E-state index contributed by atoms with van der Waals surface area (Å²) in [5.41, 5.74) is 0.0919. The minimum atomic E-state index is 0.0919. The van der Waals surface area contributed by atoms with Gasteiger partial charge in [0.1, 0.15) is 0 Å². The zero-order chi connectivity index (χ0) is 12.2. The van der Waals surface area contributed by atoms with Crippen LogP contribution >= 0.6 is 15.9 Å². The average Bonchev–Trinajstić information content (AvgIpc) is 2.12. The van der Waals surface area contributed by atoms with Crippen LogP contribution in [0.3, 0.4) is 0 Å². The first-order valence-electron chi connectivity index (χ1n) is 6.27. The third-order valence-corrected chi connectivity index (χ3v) is 3.83. The Bertz CT molecular complexity index is 235. The van der Waals surface area contributed by atoms with Gasteiger partial charge in [0, 0.05) is 17.8 Å². The normalized spacial score (nSPS) is 26.5. The summed E-state index contributed by atoms with van der Waals surface area (Å²) in [6.07, 6.45) is 5.66. The molecule has 0 saturated heterocycles. The van der Waals surface area contributed by atoms with Crippen LogP contribution in [0.25, 0.3) is 0 Å². The third-order valence-electron chi connectivity index (χ3n) is 3.00. The Balaban J connectivity index is 2.21. The highest BCUT2D eigenvalue weighted by Crippen LogP contribution is 2.28. The second kappa shape index (κ2) is 6.04. The molecule has 0 bridgehead atoms. The van der Waals surface area contributed by atoms with E-state index in [4.69, 9.17) is 0 Å². The molecule has 2 nitrogen and oxygen atoms in total. The second-order valence-corrected chi connectivity index (χ2v) is 7.47. The molecule has 2 unspecified atom stereocenters. The van der Waals surface area contributed by atoms with E-state index in [9.17, 15) is 4.79 Å². The SMILES string of the molecule is CC(C)(C)CC(=O)NCC1CCCC(Br)C1. The lowest BCUT2D eigenvalue weighted by atomic mass is 9.88. The summed E-state index contributed by atoms with van der Waals surface area (Å²) in [6.45, 7) is 7.15. The molecule has 1 fully saturated rings. The Morgan fingerprint density at radius 1 is 1.38 bits per heavy atom. The van der Waals surface area contributed by atoms with E-state index in [0.717, 1.165) is 6.54 Å². The monoisotopic (exact) mass is 289 g/mol. The predicted octanol–water partition coefficient (Wildman–Crippen LogP) is 3.49. The highest BCUT2D eigenvalue weighted by atomic mass is 79.9. The third kappa shape index (κ3) is 5.88. The van der Waals surface area contributed by atoms with Crippen LogP contribution in [0.4, 0.5) is 0 Å². The van der Waals surface area contributed by atoms with Gasteiger partial charge in [0.25, 0.3) is 0 Å². The second-order valence-electron chi connectivity index (χ2n) is 6.17. The summed E-state index contributed by atoms with van der Waals surface area (Å²) in [6, 6.07) is 0. The molecule has 1 amide bonds. The average molecular weight is 290 g/mol. The fourth-order valence-electron chi connectivity index (χ4n) is 2.21. The number of rotatable bonds is 3. The zero-order valence-electron chi connectivity index (χ0n) is 10.7. The van der Waals surface area contributed by atoms with Gasteiger partial charge in [-0.05, 0) is 30.6 Å². The molecule has 94 valence electrons. The molecule has 1 saturated carbocycles. The van der Waals surface area contributed by atoms with Crippen LogP contribution in [0.2, 0.25) is 0 Å². The number of hydrogen-bond donors (Lipinski definition) is 1. The number of amides is 1. The van der Waals surface area contributed by atoms with Crippen molar-refractivity contribution in [2.75, 3.05) is 6.54 Å². The first-order chi connectivity index (χ1) is 7.37. The molecular formula is C13H24BrNO. The molecule has 0 spiro atoms. The molecule has 0 aromatic heterocycles. The van der Waals surface area contributed by atoms with Gasteiger partial charge in [-0.3, -0.25) is 4.79 Å². The quantitative estimate of drug-likeness (QED) is 0.792. The van der Waals surface area contributed by atoms with Crippen LogP contribution in [-0.4, -0.2) is 17.3 Å². The number of hydrogen-bond acceptors (Lipinski definition) is 1. The van der Waals surface area contributed by atoms with E-state index in [1.165, 1.54) is 25.7 Å². The van der Waals surface area contributed by atoms with Crippen molar-refractivity contribution < 1.29 is 4.79 Å². The Morgan fingerprint density at radius 3 is 2.62 bits per heavy atom.